The number of likely N-dealkylation sites (tertiary alicyclic amines) is 1. The van der Waals surface area contributed by atoms with E-state index in [2.05, 4.69) is 70.2 Å². The van der Waals surface area contributed by atoms with E-state index in [0.717, 1.165) is 78.9 Å². The standard InChI is InChI=1S/C47H45N9OS/c1-30(2)38-24-23-37-44(52-38)50-29-51-45(37)53-39-27-32(16-25-42(39)58-36-21-19-35(48)20-22-36)13-12-31-14-17-33(18-15-31)40-28-49-46(54-40)41-11-8-26-56(41)47(57)43(55(3)4)34-9-6-5-7-10-34/h5-7,9-10,14-25,27-30,41,43H,8,11,26,48H2,1-4H3,(H,49,54)(H,50,51,52,53)/t41-,43+/m0/s1. The van der Waals surface area contributed by atoms with Gasteiger partial charge in [-0.15, -0.1) is 0 Å². The van der Waals surface area contributed by atoms with E-state index in [9.17, 15) is 4.79 Å². The molecule has 4 N–H and O–H groups in total. The lowest BCUT2D eigenvalue weighted by Gasteiger charge is -2.31. The summed E-state index contributed by atoms with van der Waals surface area (Å²) in [4.78, 5) is 42.1. The van der Waals surface area contributed by atoms with Gasteiger partial charge in [0, 0.05) is 38.8 Å². The molecule has 4 aromatic carbocycles. The number of nitrogens with two attached hydrogens (primary N) is 1. The van der Waals surface area contributed by atoms with E-state index in [-0.39, 0.29) is 23.9 Å². The molecule has 0 aliphatic carbocycles. The van der Waals surface area contributed by atoms with Crippen LogP contribution in [0.3, 0.4) is 0 Å². The lowest BCUT2D eigenvalue weighted by atomic mass is 10.0. The van der Waals surface area contributed by atoms with E-state index in [1.165, 1.54) is 0 Å². The summed E-state index contributed by atoms with van der Waals surface area (Å²) in [7, 11) is 3.91. The Morgan fingerprint density at radius 3 is 2.43 bits per heavy atom. The monoisotopic (exact) mass is 783 g/mol. The number of pyridine rings is 1. The number of imidazole rings is 1. The highest BCUT2D eigenvalue weighted by molar-refractivity contribution is 7.99. The van der Waals surface area contributed by atoms with Crippen LogP contribution in [0.25, 0.3) is 22.3 Å². The number of aromatic nitrogens is 5. The molecule has 0 bridgehead atoms. The van der Waals surface area contributed by atoms with Gasteiger partial charge in [-0.3, -0.25) is 9.69 Å². The highest BCUT2D eigenvalue weighted by Gasteiger charge is 2.37. The molecule has 0 unspecified atom stereocenters. The minimum atomic E-state index is -0.353. The minimum Gasteiger partial charge on any atom is -0.399 e. The molecule has 11 heteroatoms. The molecule has 7 aromatic rings. The number of anilines is 3. The second-order valence-corrected chi connectivity index (χ2v) is 16.1. The van der Waals surface area contributed by atoms with Crippen LogP contribution in [-0.2, 0) is 4.79 Å². The van der Waals surface area contributed by atoms with Gasteiger partial charge in [-0.05, 0) is 111 Å². The van der Waals surface area contributed by atoms with Gasteiger partial charge in [0.1, 0.15) is 24.0 Å². The second-order valence-electron chi connectivity index (χ2n) is 15.0. The Kier molecular flexibility index (Phi) is 11.2. The molecule has 2 atom stereocenters. The molecule has 1 amide bonds. The van der Waals surface area contributed by atoms with E-state index in [1.807, 2.05) is 115 Å². The molecule has 290 valence electrons. The maximum absolute atomic E-state index is 13.9. The second kappa shape index (κ2) is 16.9. The number of carbonyl (C=O) groups is 1. The van der Waals surface area contributed by atoms with Crippen LogP contribution in [0, 0.1) is 11.8 Å². The number of fused-ring (bicyclic) bond motifs is 1. The summed E-state index contributed by atoms with van der Waals surface area (Å²) < 4.78 is 0. The van der Waals surface area contributed by atoms with Crippen molar-refractivity contribution in [3.8, 4) is 23.1 Å². The van der Waals surface area contributed by atoms with Crippen molar-refractivity contribution in [2.24, 2.45) is 0 Å². The van der Waals surface area contributed by atoms with Gasteiger partial charge in [-0.25, -0.2) is 19.9 Å². The van der Waals surface area contributed by atoms with E-state index < -0.39 is 0 Å². The first-order valence-corrected chi connectivity index (χ1v) is 20.3. The molecule has 0 saturated carbocycles. The Morgan fingerprint density at radius 2 is 1.67 bits per heavy atom. The molecule has 8 rings (SSSR count). The summed E-state index contributed by atoms with van der Waals surface area (Å²) in [6.07, 6.45) is 5.21. The Bertz CT molecular complexity index is 2610. The first-order chi connectivity index (χ1) is 28.2. The summed E-state index contributed by atoms with van der Waals surface area (Å²) in [5.74, 6) is 8.58. The quantitative estimate of drug-likeness (QED) is 0.0918. The number of nitrogens with zero attached hydrogens (tertiary/aromatic N) is 6. The van der Waals surface area contributed by atoms with E-state index in [1.54, 1.807) is 18.1 Å². The molecular weight excluding hydrogens is 739 g/mol. The van der Waals surface area contributed by atoms with Crippen molar-refractivity contribution in [2.75, 3.05) is 31.7 Å². The molecule has 4 heterocycles. The number of hydrogen-bond acceptors (Lipinski definition) is 9. The molecule has 0 spiro atoms. The normalized spacial score (nSPS) is 14.4. The largest absolute Gasteiger partial charge is 0.399 e. The molecule has 10 nitrogen and oxygen atoms in total. The van der Waals surface area contributed by atoms with Gasteiger partial charge < -0.3 is 20.9 Å². The maximum atomic E-state index is 13.9. The number of likely N-dealkylation sites (N-methyl/N-ethyl adjacent to an activating group) is 1. The van der Waals surface area contributed by atoms with Crippen molar-refractivity contribution in [3.05, 3.63) is 150 Å². The number of carbonyl (C=O) groups excluding carboxylic acids is 1. The smallest absolute Gasteiger partial charge is 0.245 e. The average Bonchev–Trinajstić information content (AvgIpc) is 3.93. The highest BCUT2D eigenvalue weighted by atomic mass is 32.2. The first-order valence-electron chi connectivity index (χ1n) is 19.5. The Hall–Kier alpha value is -6.48. The topological polar surface area (TPSA) is 129 Å². The number of benzene rings is 4. The number of nitrogen functional groups attached to an aromatic ring is 1. The summed E-state index contributed by atoms with van der Waals surface area (Å²) in [5, 5.41) is 4.41. The van der Waals surface area contributed by atoms with E-state index in [0.29, 0.717) is 18.0 Å². The molecule has 1 aliphatic heterocycles. The van der Waals surface area contributed by atoms with Crippen LogP contribution in [0.1, 0.15) is 72.9 Å². The molecule has 58 heavy (non-hydrogen) atoms. The number of amides is 1. The third-order valence-corrected chi connectivity index (χ3v) is 11.4. The number of aromatic amines is 1. The molecule has 1 saturated heterocycles. The SMILES string of the molecule is CC(C)c1ccc2c(Nc3cc(C#Cc4ccc(-c5cnc([C@@H]6CCCN6C(=O)[C@@H](c6ccccc6)N(C)C)[nH]5)cc4)ccc3Sc3ccc(N)cc3)ncnc2n1. The van der Waals surface area contributed by atoms with Gasteiger partial charge >= 0.3 is 0 Å². The zero-order valence-corrected chi connectivity index (χ0v) is 33.8. The van der Waals surface area contributed by atoms with Crippen LogP contribution in [0.4, 0.5) is 17.2 Å². The van der Waals surface area contributed by atoms with Gasteiger partial charge in [0.25, 0.3) is 0 Å². The van der Waals surface area contributed by atoms with E-state index >= 15 is 0 Å². The Balaban J connectivity index is 1.01. The fourth-order valence-electron chi connectivity index (χ4n) is 7.26. The van der Waals surface area contributed by atoms with Gasteiger partial charge in [-0.1, -0.05) is 79.9 Å². The van der Waals surface area contributed by atoms with Crippen LogP contribution in [0.15, 0.2) is 132 Å². The number of H-pyrrole nitrogens is 1. The van der Waals surface area contributed by atoms with Crippen LogP contribution >= 0.6 is 11.8 Å². The lowest BCUT2D eigenvalue weighted by molar-refractivity contribution is -0.137. The molecule has 0 radical (unpaired) electrons. The van der Waals surface area contributed by atoms with Crippen molar-refractivity contribution in [3.63, 3.8) is 0 Å². The fourth-order valence-corrected chi connectivity index (χ4v) is 8.14. The Morgan fingerprint density at radius 1 is 0.914 bits per heavy atom. The summed E-state index contributed by atoms with van der Waals surface area (Å²) in [6, 6.07) is 35.7. The van der Waals surface area contributed by atoms with Crippen LogP contribution in [-0.4, -0.2) is 61.3 Å². The van der Waals surface area contributed by atoms with Crippen LogP contribution < -0.4 is 11.1 Å². The molecular formula is C47H45N9OS. The van der Waals surface area contributed by atoms with Crippen molar-refractivity contribution in [2.45, 2.75) is 54.5 Å². The zero-order valence-electron chi connectivity index (χ0n) is 33.0. The fraction of sp³-hybridized carbons (Fsp3) is 0.213. The van der Waals surface area contributed by atoms with Crippen molar-refractivity contribution in [1.82, 2.24) is 34.7 Å². The third-order valence-electron chi connectivity index (χ3n) is 10.3. The van der Waals surface area contributed by atoms with Gasteiger partial charge in [-0.2, -0.15) is 0 Å². The highest BCUT2D eigenvalue weighted by Crippen LogP contribution is 2.38. The zero-order chi connectivity index (χ0) is 40.2. The number of nitrogens with one attached hydrogen (secondary N) is 2. The summed E-state index contributed by atoms with van der Waals surface area (Å²) in [6.45, 7) is 4.95. The number of rotatable bonds is 10. The van der Waals surface area contributed by atoms with Gasteiger partial charge in [0.15, 0.2) is 5.65 Å². The maximum Gasteiger partial charge on any atom is 0.245 e. The number of hydrogen-bond donors (Lipinski definition) is 3. The summed E-state index contributed by atoms with van der Waals surface area (Å²) in [5.41, 5.74) is 13.8. The van der Waals surface area contributed by atoms with Gasteiger partial charge in [0.2, 0.25) is 5.91 Å². The Labute approximate surface area is 343 Å². The van der Waals surface area contributed by atoms with E-state index in [4.69, 9.17) is 15.7 Å². The molecule has 1 aliphatic rings. The predicted molar refractivity (Wildman–Crippen MR) is 233 cm³/mol. The lowest BCUT2D eigenvalue weighted by Crippen LogP contribution is -2.40. The molecule has 1 fully saturated rings. The van der Waals surface area contributed by atoms with Crippen molar-refractivity contribution < 1.29 is 4.79 Å². The summed E-state index contributed by atoms with van der Waals surface area (Å²) >= 11 is 1.63. The average molecular weight is 784 g/mol. The minimum absolute atomic E-state index is 0.0951. The third kappa shape index (κ3) is 8.44. The van der Waals surface area contributed by atoms with Crippen molar-refractivity contribution in [1.29, 1.82) is 0 Å². The predicted octanol–water partition coefficient (Wildman–Crippen LogP) is 9.38. The molecule has 3 aromatic heterocycles. The van der Waals surface area contributed by atoms with Crippen LogP contribution in [0.5, 0.6) is 0 Å². The van der Waals surface area contributed by atoms with Gasteiger partial charge in [0.05, 0.1) is 29.0 Å². The van der Waals surface area contributed by atoms with Crippen LogP contribution in [0.2, 0.25) is 0 Å². The van der Waals surface area contributed by atoms with Crippen molar-refractivity contribution >= 4 is 45.9 Å². The first kappa shape index (κ1) is 38.4.